The van der Waals surface area contributed by atoms with Gasteiger partial charge in [0, 0.05) is 5.69 Å². The second-order valence-electron chi connectivity index (χ2n) is 5.14. The van der Waals surface area contributed by atoms with E-state index in [9.17, 15) is 9.59 Å². The number of carbonyl (C=O) groups excluding carboxylic acids is 2. The normalized spacial score (nSPS) is 10.5. The Balaban J connectivity index is 2.17. The van der Waals surface area contributed by atoms with Crippen molar-refractivity contribution in [2.45, 2.75) is 13.8 Å². The van der Waals surface area contributed by atoms with Crippen molar-refractivity contribution in [1.29, 1.82) is 0 Å². The van der Waals surface area contributed by atoms with Gasteiger partial charge in [-0.3, -0.25) is 0 Å². The van der Waals surface area contributed by atoms with E-state index in [-0.39, 0.29) is 23.7 Å². The van der Waals surface area contributed by atoms with E-state index in [1.807, 2.05) is 30.3 Å². The van der Waals surface area contributed by atoms with Gasteiger partial charge in [-0.15, -0.1) is 11.3 Å². The molecule has 7 nitrogen and oxygen atoms in total. The van der Waals surface area contributed by atoms with E-state index in [1.165, 1.54) is 6.33 Å². The summed E-state index contributed by atoms with van der Waals surface area (Å²) in [5.41, 5.74) is 0.926. The van der Waals surface area contributed by atoms with E-state index < -0.39 is 11.9 Å². The van der Waals surface area contributed by atoms with Gasteiger partial charge < -0.3 is 14.8 Å². The molecule has 0 aliphatic carbocycles. The Morgan fingerprint density at radius 1 is 1.04 bits per heavy atom. The van der Waals surface area contributed by atoms with Gasteiger partial charge in [0.25, 0.3) is 0 Å². The number of rotatable bonds is 6. The van der Waals surface area contributed by atoms with Crippen molar-refractivity contribution in [1.82, 2.24) is 9.97 Å². The number of aromatic nitrogens is 2. The van der Waals surface area contributed by atoms with Gasteiger partial charge in [-0.25, -0.2) is 19.6 Å². The molecule has 8 heteroatoms. The molecular formula is C18H17N3O4S. The number of carbonyl (C=O) groups is 2. The lowest BCUT2D eigenvalue weighted by molar-refractivity contribution is 0.0485. The van der Waals surface area contributed by atoms with Gasteiger partial charge in [0.1, 0.15) is 21.9 Å². The molecule has 0 aliphatic rings. The number of esters is 2. The molecule has 2 aromatic heterocycles. The molecule has 2 heterocycles. The van der Waals surface area contributed by atoms with Crippen LogP contribution < -0.4 is 5.32 Å². The second kappa shape index (κ2) is 7.92. The molecule has 0 unspecified atom stereocenters. The number of benzene rings is 1. The number of hydrogen-bond donors (Lipinski definition) is 1. The van der Waals surface area contributed by atoms with Gasteiger partial charge in [-0.1, -0.05) is 18.2 Å². The van der Waals surface area contributed by atoms with E-state index in [0.29, 0.717) is 16.0 Å². The highest BCUT2D eigenvalue weighted by Crippen LogP contribution is 2.36. The molecule has 0 amide bonds. The Labute approximate surface area is 154 Å². The number of anilines is 2. The first kappa shape index (κ1) is 17.8. The van der Waals surface area contributed by atoms with Crippen LogP contribution in [0.2, 0.25) is 0 Å². The molecule has 3 aromatic rings. The Bertz CT molecular complexity index is 940. The first-order chi connectivity index (χ1) is 12.7. The first-order valence-electron chi connectivity index (χ1n) is 8.09. The van der Waals surface area contributed by atoms with E-state index >= 15 is 0 Å². The zero-order chi connectivity index (χ0) is 18.5. The van der Waals surface area contributed by atoms with E-state index in [0.717, 1.165) is 17.0 Å². The zero-order valence-electron chi connectivity index (χ0n) is 14.3. The number of thiophene rings is 1. The number of nitrogens with one attached hydrogen (secondary N) is 1. The van der Waals surface area contributed by atoms with Crippen molar-refractivity contribution >= 4 is 45.0 Å². The Kier molecular flexibility index (Phi) is 5.43. The van der Waals surface area contributed by atoms with Crippen LogP contribution in [0.1, 0.15) is 33.9 Å². The summed E-state index contributed by atoms with van der Waals surface area (Å²) in [6.45, 7) is 3.80. The largest absolute Gasteiger partial charge is 0.462 e. The van der Waals surface area contributed by atoms with Crippen LogP contribution in [0.15, 0.2) is 36.7 Å². The lowest BCUT2D eigenvalue weighted by atomic mass is 10.1. The van der Waals surface area contributed by atoms with Gasteiger partial charge in [0.05, 0.1) is 24.2 Å². The van der Waals surface area contributed by atoms with Gasteiger partial charge in [-0.2, -0.15) is 0 Å². The highest BCUT2D eigenvalue weighted by molar-refractivity contribution is 7.21. The molecular weight excluding hydrogens is 354 g/mol. The minimum atomic E-state index is -0.604. The number of fused-ring (bicyclic) bond motifs is 1. The fourth-order valence-electron chi connectivity index (χ4n) is 2.42. The molecule has 134 valence electrons. The van der Waals surface area contributed by atoms with Crippen LogP contribution in [0.3, 0.4) is 0 Å². The summed E-state index contributed by atoms with van der Waals surface area (Å²) < 4.78 is 10.2. The van der Waals surface area contributed by atoms with E-state index in [4.69, 9.17) is 9.47 Å². The van der Waals surface area contributed by atoms with Crippen LogP contribution in [-0.4, -0.2) is 35.1 Å². The first-order valence-corrected chi connectivity index (χ1v) is 8.91. The number of nitrogens with zero attached hydrogens (tertiary/aromatic N) is 2. The molecule has 0 saturated carbocycles. The minimum absolute atomic E-state index is 0.129. The molecule has 0 bridgehead atoms. The molecule has 1 N–H and O–H groups in total. The number of hydrogen-bond acceptors (Lipinski definition) is 8. The Morgan fingerprint density at radius 2 is 1.73 bits per heavy atom. The average molecular weight is 371 g/mol. The highest BCUT2D eigenvalue weighted by Gasteiger charge is 2.28. The highest BCUT2D eigenvalue weighted by atomic mass is 32.1. The maximum Gasteiger partial charge on any atom is 0.349 e. The lowest BCUT2D eigenvalue weighted by Gasteiger charge is -2.08. The SMILES string of the molecule is CCOC(=O)c1sc2ncnc(Nc3ccccc3)c2c1C(=O)OCC. The maximum absolute atomic E-state index is 12.5. The summed E-state index contributed by atoms with van der Waals surface area (Å²) in [5.74, 6) is -0.756. The molecule has 0 fully saturated rings. The summed E-state index contributed by atoms with van der Waals surface area (Å²) >= 11 is 1.08. The summed E-state index contributed by atoms with van der Waals surface area (Å²) in [4.78, 5) is 34.0. The van der Waals surface area contributed by atoms with Crippen LogP contribution in [0, 0.1) is 0 Å². The maximum atomic E-state index is 12.5. The third-order valence-electron chi connectivity index (χ3n) is 3.47. The zero-order valence-corrected chi connectivity index (χ0v) is 15.1. The fraction of sp³-hybridized carbons (Fsp3) is 0.222. The molecule has 1 aromatic carbocycles. The standard InChI is InChI=1S/C18H17N3O4S/c1-3-24-17(22)12-13-15(21-11-8-6-5-7-9-11)19-10-20-16(13)26-14(12)18(23)25-4-2/h5-10H,3-4H2,1-2H3,(H,19,20,21). The second-order valence-corrected chi connectivity index (χ2v) is 6.14. The quantitative estimate of drug-likeness (QED) is 0.659. The Morgan fingerprint density at radius 3 is 2.42 bits per heavy atom. The van der Waals surface area contributed by atoms with Gasteiger partial charge in [0.15, 0.2) is 0 Å². The third-order valence-corrected chi connectivity index (χ3v) is 4.54. The third kappa shape index (κ3) is 3.50. The average Bonchev–Trinajstić information content (AvgIpc) is 3.04. The molecule has 26 heavy (non-hydrogen) atoms. The van der Waals surface area contributed by atoms with Crippen LogP contribution in [-0.2, 0) is 9.47 Å². The lowest BCUT2D eigenvalue weighted by Crippen LogP contribution is -2.12. The Hall–Kier alpha value is -3.00. The molecule has 0 spiro atoms. The van der Waals surface area contributed by atoms with Crippen molar-refractivity contribution < 1.29 is 19.1 Å². The summed E-state index contributed by atoms with van der Waals surface area (Å²) in [5, 5.41) is 3.61. The van der Waals surface area contributed by atoms with Crippen molar-refractivity contribution in [3.63, 3.8) is 0 Å². The smallest absolute Gasteiger partial charge is 0.349 e. The van der Waals surface area contributed by atoms with Crippen LogP contribution >= 0.6 is 11.3 Å². The van der Waals surface area contributed by atoms with Crippen molar-refractivity contribution in [3.8, 4) is 0 Å². The van der Waals surface area contributed by atoms with Crippen molar-refractivity contribution in [2.75, 3.05) is 18.5 Å². The molecule has 0 saturated heterocycles. The van der Waals surface area contributed by atoms with Crippen molar-refractivity contribution in [2.24, 2.45) is 0 Å². The molecule has 0 radical (unpaired) electrons. The van der Waals surface area contributed by atoms with Crippen molar-refractivity contribution in [3.05, 3.63) is 47.1 Å². The van der Waals surface area contributed by atoms with E-state index in [1.54, 1.807) is 13.8 Å². The molecule has 0 atom stereocenters. The van der Waals surface area contributed by atoms with Gasteiger partial charge in [0.2, 0.25) is 0 Å². The fourth-order valence-corrected chi connectivity index (χ4v) is 3.45. The predicted octanol–water partition coefficient (Wildman–Crippen LogP) is 3.79. The molecule has 3 rings (SSSR count). The summed E-state index contributed by atoms with van der Waals surface area (Å²) in [6, 6.07) is 9.40. The minimum Gasteiger partial charge on any atom is -0.462 e. The molecule has 0 aliphatic heterocycles. The van der Waals surface area contributed by atoms with E-state index in [2.05, 4.69) is 15.3 Å². The van der Waals surface area contributed by atoms with Crippen LogP contribution in [0.5, 0.6) is 0 Å². The summed E-state index contributed by atoms with van der Waals surface area (Å²) in [6.07, 6.45) is 1.38. The van der Waals surface area contributed by atoms with Crippen LogP contribution in [0.25, 0.3) is 10.2 Å². The topological polar surface area (TPSA) is 90.4 Å². The number of para-hydroxylation sites is 1. The number of ether oxygens (including phenoxy) is 2. The monoisotopic (exact) mass is 371 g/mol. The summed E-state index contributed by atoms with van der Waals surface area (Å²) in [7, 11) is 0. The van der Waals surface area contributed by atoms with Gasteiger partial charge >= 0.3 is 11.9 Å². The van der Waals surface area contributed by atoms with Gasteiger partial charge in [-0.05, 0) is 26.0 Å². The predicted molar refractivity (Wildman–Crippen MR) is 99.1 cm³/mol. The van der Waals surface area contributed by atoms with Crippen LogP contribution in [0.4, 0.5) is 11.5 Å².